The third kappa shape index (κ3) is 14.3. The molecule has 0 atom stereocenters. The summed E-state index contributed by atoms with van der Waals surface area (Å²) in [6.07, 6.45) is 0.109. The van der Waals surface area contributed by atoms with Gasteiger partial charge in [0.2, 0.25) is 5.91 Å². The van der Waals surface area contributed by atoms with E-state index in [1.807, 2.05) is 32.0 Å². The van der Waals surface area contributed by atoms with Crippen molar-refractivity contribution in [1.29, 1.82) is 0 Å². The molecule has 0 fully saturated rings. The van der Waals surface area contributed by atoms with Crippen LogP contribution in [0.25, 0.3) is 11.4 Å². The second-order valence-corrected chi connectivity index (χ2v) is 14.6. The lowest BCUT2D eigenvalue weighted by Crippen LogP contribution is -2.33. The number of aromatic nitrogens is 4. The van der Waals surface area contributed by atoms with E-state index in [0.29, 0.717) is 37.3 Å². The van der Waals surface area contributed by atoms with Gasteiger partial charge in [-0.05, 0) is 82.9 Å². The van der Waals surface area contributed by atoms with Gasteiger partial charge in [0.05, 0.1) is 31.0 Å². The molecular formula is C37H42Cl4N6O9. The van der Waals surface area contributed by atoms with Crippen LogP contribution in [0.2, 0.25) is 20.1 Å². The number of aryl methyl sites for hydroxylation is 2. The smallest absolute Gasteiger partial charge is 0.407 e. The van der Waals surface area contributed by atoms with Gasteiger partial charge in [-0.15, -0.1) is 10.2 Å². The number of aliphatic carboxylic acids is 1. The Balaban J connectivity index is 0.000000300. The van der Waals surface area contributed by atoms with Crippen molar-refractivity contribution in [2.24, 2.45) is 0 Å². The van der Waals surface area contributed by atoms with Crippen molar-refractivity contribution in [2.75, 3.05) is 26.3 Å². The molecule has 19 heteroatoms. The predicted molar refractivity (Wildman–Crippen MR) is 214 cm³/mol. The average Bonchev–Trinajstić information content (AvgIpc) is 3.13. The van der Waals surface area contributed by atoms with E-state index < -0.39 is 28.8 Å². The monoisotopic (exact) mass is 854 g/mol. The zero-order valence-electron chi connectivity index (χ0n) is 31.3. The number of hydrogen-bond acceptors (Lipinski definition) is 10. The van der Waals surface area contributed by atoms with E-state index in [0.717, 1.165) is 20.5 Å². The first-order valence-corrected chi connectivity index (χ1v) is 18.7. The van der Waals surface area contributed by atoms with Crippen LogP contribution in [0.3, 0.4) is 0 Å². The Labute approximate surface area is 342 Å². The Morgan fingerprint density at radius 1 is 0.714 bits per heavy atom. The Morgan fingerprint density at radius 3 is 1.57 bits per heavy atom. The second kappa shape index (κ2) is 21.5. The van der Waals surface area contributed by atoms with E-state index in [1.54, 1.807) is 51.1 Å². The van der Waals surface area contributed by atoms with Crippen LogP contribution in [0.15, 0.2) is 58.1 Å². The number of carbonyl (C=O) groups excluding carboxylic acids is 2. The Morgan fingerprint density at radius 2 is 1.16 bits per heavy atom. The number of carboxylic acids is 1. The van der Waals surface area contributed by atoms with Crippen LogP contribution in [0.1, 0.15) is 57.6 Å². The van der Waals surface area contributed by atoms with Crippen LogP contribution in [0, 0.1) is 13.8 Å². The molecule has 0 saturated carbocycles. The van der Waals surface area contributed by atoms with Gasteiger partial charge in [-0.25, -0.2) is 4.79 Å². The normalized spacial score (nSPS) is 10.9. The fourth-order valence-electron chi connectivity index (χ4n) is 4.50. The summed E-state index contributed by atoms with van der Waals surface area (Å²) in [6, 6.07) is 14.4. The number of ether oxygens (including phenoxy) is 3. The molecule has 302 valence electrons. The van der Waals surface area contributed by atoms with Crippen LogP contribution in [-0.2, 0) is 14.3 Å². The molecule has 2 aromatic carbocycles. The first-order chi connectivity index (χ1) is 26.4. The lowest BCUT2D eigenvalue weighted by atomic mass is 10.2. The second-order valence-electron chi connectivity index (χ2n) is 13.1. The number of hydrogen-bond donors (Lipinski definition) is 3. The van der Waals surface area contributed by atoms with Crippen molar-refractivity contribution >= 4 is 64.4 Å². The minimum absolute atomic E-state index is 0.00461. The van der Waals surface area contributed by atoms with E-state index in [2.05, 4.69) is 20.8 Å². The summed E-state index contributed by atoms with van der Waals surface area (Å²) in [4.78, 5) is 58.2. The Bertz CT molecular complexity index is 2140. The molecule has 15 nitrogen and oxygen atoms in total. The van der Waals surface area contributed by atoms with Crippen LogP contribution < -0.4 is 31.2 Å². The topological polar surface area (TPSA) is 193 Å². The number of nitrogens with one attached hydrogen (secondary N) is 2. The van der Waals surface area contributed by atoms with E-state index in [1.165, 1.54) is 0 Å². The summed E-state index contributed by atoms with van der Waals surface area (Å²) >= 11 is 24.3. The van der Waals surface area contributed by atoms with Gasteiger partial charge in [-0.3, -0.25) is 19.2 Å². The molecular weight excluding hydrogens is 814 g/mol. The molecule has 0 aliphatic rings. The highest BCUT2D eigenvalue weighted by Gasteiger charge is 2.19. The molecule has 56 heavy (non-hydrogen) atoms. The number of amides is 2. The number of halogens is 4. The third-order valence-corrected chi connectivity index (χ3v) is 8.67. The lowest BCUT2D eigenvalue weighted by Gasteiger charge is -2.19. The maximum absolute atomic E-state index is 12.4. The van der Waals surface area contributed by atoms with Crippen molar-refractivity contribution < 1.29 is 33.7 Å². The zero-order valence-corrected chi connectivity index (χ0v) is 34.3. The van der Waals surface area contributed by atoms with Crippen LogP contribution in [0.5, 0.6) is 11.8 Å². The predicted octanol–water partition coefficient (Wildman–Crippen LogP) is 6.74. The molecule has 0 spiro atoms. The highest BCUT2D eigenvalue weighted by atomic mass is 35.5. The summed E-state index contributed by atoms with van der Waals surface area (Å²) in [5.74, 6) is -1.33. The van der Waals surface area contributed by atoms with Gasteiger partial charge < -0.3 is 30.0 Å². The Hall–Kier alpha value is -4.83. The number of benzene rings is 2. The summed E-state index contributed by atoms with van der Waals surface area (Å²) in [7, 11) is 0. The van der Waals surface area contributed by atoms with Crippen LogP contribution >= 0.6 is 46.4 Å². The third-order valence-electron chi connectivity index (χ3n) is 7.07. The first-order valence-electron chi connectivity index (χ1n) is 17.2. The molecule has 0 aliphatic carbocycles. The molecule has 0 unspecified atom stereocenters. The van der Waals surface area contributed by atoms with Gasteiger partial charge in [-0.1, -0.05) is 70.7 Å². The first kappa shape index (κ1) is 45.6. The van der Waals surface area contributed by atoms with Gasteiger partial charge in [-0.2, -0.15) is 9.36 Å². The average molecular weight is 857 g/mol. The maximum atomic E-state index is 12.4. The van der Waals surface area contributed by atoms with Crippen LogP contribution in [-0.4, -0.2) is 74.5 Å². The zero-order chi connectivity index (χ0) is 41.6. The molecule has 0 radical (unpaired) electrons. The highest BCUT2D eigenvalue weighted by molar-refractivity contribution is 6.43. The van der Waals surface area contributed by atoms with Gasteiger partial charge >= 0.3 is 12.1 Å². The summed E-state index contributed by atoms with van der Waals surface area (Å²) in [5.41, 5.74) is 1.34. The number of alkyl carbamates (subject to hydrolysis) is 1. The molecule has 2 amide bonds. The van der Waals surface area contributed by atoms with Gasteiger partial charge in [0.1, 0.15) is 25.7 Å². The van der Waals surface area contributed by atoms with Crippen molar-refractivity contribution in [2.45, 2.75) is 65.9 Å². The van der Waals surface area contributed by atoms with Gasteiger partial charge in [0.15, 0.2) is 0 Å². The molecule has 2 heterocycles. The summed E-state index contributed by atoms with van der Waals surface area (Å²) in [5, 5.41) is 21.6. The van der Waals surface area contributed by atoms with E-state index in [9.17, 15) is 24.0 Å². The number of carboxylic acid groups (broad SMARTS) is 1. The summed E-state index contributed by atoms with van der Waals surface area (Å²) < 4.78 is 18.5. The minimum Gasteiger partial charge on any atom is -0.481 e. The van der Waals surface area contributed by atoms with E-state index in [-0.39, 0.29) is 63.8 Å². The molecule has 4 rings (SSSR count). The van der Waals surface area contributed by atoms with Crippen molar-refractivity contribution in [3.05, 3.63) is 100 Å². The number of carbonyl (C=O) groups is 3. The molecule has 2 aromatic heterocycles. The van der Waals surface area contributed by atoms with Crippen molar-refractivity contribution in [1.82, 2.24) is 30.2 Å². The van der Waals surface area contributed by atoms with Crippen molar-refractivity contribution in [3.8, 4) is 23.1 Å². The summed E-state index contributed by atoms with van der Waals surface area (Å²) in [6.45, 7) is 10.2. The van der Waals surface area contributed by atoms with Crippen molar-refractivity contribution in [3.63, 3.8) is 0 Å². The fourth-order valence-corrected chi connectivity index (χ4v) is 5.17. The Kier molecular flexibility index (Phi) is 17.5. The fraction of sp³-hybridized carbons (Fsp3) is 0.378. The maximum Gasteiger partial charge on any atom is 0.407 e. The number of rotatable bonds is 15. The SMILES string of the molecule is Cc1cccc(-n2nc(OCCCNC(=O)CCC(=O)O)c(Cl)c(Cl)c2=O)c1.Cc1cccc(-n2nc(OCCCNC(=O)OC(C)(C)C)c(Cl)c(Cl)c2=O)c1. The molecule has 4 aromatic rings. The molecule has 0 aliphatic heterocycles. The lowest BCUT2D eigenvalue weighted by molar-refractivity contribution is -0.138. The van der Waals surface area contributed by atoms with E-state index >= 15 is 0 Å². The largest absolute Gasteiger partial charge is 0.481 e. The van der Waals surface area contributed by atoms with Crippen LogP contribution in [0.4, 0.5) is 4.79 Å². The molecule has 0 bridgehead atoms. The standard InChI is InChI=1S/C19H23Cl2N3O4.C18H19Cl2N3O5/c1-12-7-5-8-13(11-12)24-17(25)15(21)14(20)16(23-24)27-10-6-9-22-18(26)28-19(2,3)4;1-11-4-2-5-12(10-11)23-18(27)16(20)15(19)17(22-23)28-9-3-8-21-13(24)6-7-14(25)26/h5,7-8,11H,6,9-10H2,1-4H3,(H,22,26);2,4-5,10H,3,6-9H2,1H3,(H,21,24)(H,25,26). The quantitative estimate of drug-likeness (QED) is 0.107. The minimum atomic E-state index is -1.03. The molecule has 3 N–H and O–H groups in total. The van der Waals surface area contributed by atoms with Gasteiger partial charge in [0.25, 0.3) is 22.9 Å². The number of nitrogens with zero attached hydrogens (tertiary/aromatic N) is 4. The molecule has 0 saturated heterocycles. The van der Waals surface area contributed by atoms with E-state index in [4.69, 9.17) is 65.7 Å². The van der Waals surface area contributed by atoms with Gasteiger partial charge in [0, 0.05) is 19.5 Å². The highest BCUT2D eigenvalue weighted by Crippen LogP contribution is 2.29.